The number of carbonyl (C=O) groups is 2. The first-order valence-electron chi connectivity index (χ1n) is 6.29. The van der Waals surface area contributed by atoms with Gasteiger partial charge in [0.25, 0.3) is 15.9 Å². The quantitative estimate of drug-likeness (QED) is 0.779. The van der Waals surface area contributed by atoms with Crippen molar-refractivity contribution in [1.82, 2.24) is 4.31 Å². The number of hydrogen-bond acceptors (Lipinski definition) is 5. The number of carbonyl (C=O) groups excluding carboxylic acids is 2. The lowest BCUT2D eigenvalue weighted by Gasteiger charge is -2.23. The van der Waals surface area contributed by atoms with Gasteiger partial charge in [-0.05, 0) is 25.5 Å². The Labute approximate surface area is 117 Å². The van der Waals surface area contributed by atoms with Gasteiger partial charge in [0.15, 0.2) is 0 Å². The molecular weight excluding hydrogens is 282 g/mol. The normalized spacial score (nSPS) is 17.7. The molecule has 1 heterocycles. The Kier molecular flexibility index (Phi) is 3.80. The van der Waals surface area contributed by atoms with E-state index in [1.807, 2.05) is 0 Å². The van der Waals surface area contributed by atoms with Gasteiger partial charge in [-0.2, -0.15) is 0 Å². The molecule has 108 valence electrons. The molecule has 1 aromatic rings. The third-order valence-electron chi connectivity index (χ3n) is 3.08. The van der Waals surface area contributed by atoms with Crippen molar-refractivity contribution in [1.29, 1.82) is 0 Å². The van der Waals surface area contributed by atoms with Crippen molar-refractivity contribution >= 4 is 21.9 Å². The van der Waals surface area contributed by atoms with Crippen LogP contribution in [0.4, 0.5) is 0 Å². The summed E-state index contributed by atoms with van der Waals surface area (Å²) in [6.45, 7) is 3.39. The van der Waals surface area contributed by atoms with Gasteiger partial charge in [-0.1, -0.05) is 19.1 Å². The Morgan fingerprint density at radius 2 is 1.95 bits per heavy atom. The second kappa shape index (κ2) is 5.24. The van der Waals surface area contributed by atoms with Crippen molar-refractivity contribution in [2.45, 2.75) is 31.2 Å². The van der Waals surface area contributed by atoms with Gasteiger partial charge in [-0.3, -0.25) is 4.79 Å². The summed E-state index contributed by atoms with van der Waals surface area (Å²) in [5, 5.41) is 0. The summed E-state index contributed by atoms with van der Waals surface area (Å²) < 4.78 is 30.3. The zero-order valence-corrected chi connectivity index (χ0v) is 12.0. The lowest BCUT2D eigenvalue weighted by Crippen LogP contribution is -2.45. The van der Waals surface area contributed by atoms with Crippen LogP contribution in [0, 0.1) is 0 Å². The molecule has 0 spiro atoms. The van der Waals surface area contributed by atoms with Gasteiger partial charge in [0.2, 0.25) is 0 Å². The Hall–Kier alpha value is -1.89. The van der Waals surface area contributed by atoms with Crippen LogP contribution in [0.5, 0.6) is 0 Å². The molecule has 6 nitrogen and oxygen atoms in total. The SMILES string of the molecule is CCOC(=O)[C@H](CC)N1C(=O)c2ccccc2S1(=O)=O. The highest BCUT2D eigenvalue weighted by Gasteiger charge is 2.47. The zero-order valence-electron chi connectivity index (χ0n) is 11.2. The molecule has 2 rings (SSSR count). The van der Waals surface area contributed by atoms with E-state index in [2.05, 4.69) is 0 Å². The molecular formula is C13H15NO5S. The minimum absolute atomic E-state index is 0.0623. The highest BCUT2D eigenvalue weighted by Crippen LogP contribution is 2.32. The van der Waals surface area contributed by atoms with Crippen LogP contribution >= 0.6 is 0 Å². The number of hydrogen-bond donors (Lipinski definition) is 0. The molecule has 0 bridgehead atoms. The minimum atomic E-state index is -3.99. The number of esters is 1. The van der Waals surface area contributed by atoms with Gasteiger partial charge in [0.05, 0.1) is 12.2 Å². The fourth-order valence-electron chi connectivity index (χ4n) is 2.18. The van der Waals surface area contributed by atoms with Crippen molar-refractivity contribution in [2.75, 3.05) is 6.61 Å². The van der Waals surface area contributed by atoms with Crippen LogP contribution < -0.4 is 0 Å². The summed E-state index contributed by atoms with van der Waals surface area (Å²) in [4.78, 5) is 24.1. The molecule has 1 aliphatic heterocycles. The van der Waals surface area contributed by atoms with Crippen molar-refractivity contribution < 1.29 is 22.7 Å². The van der Waals surface area contributed by atoms with E-state index in [-0.39, 0.29) is 23.5 Å². The topological polar surface area (TPSA) is 80.8 Å². The molecule has 0 aliphatic carbocycles. The van der Waals surface area contributed by atoms with Gasteiger partial charge in [-0.15, -0.1) is 0 Å². The second-order valence-electron chi connectivity index (χ2n) is 4.28. The molecule has 0 N–H and O–H groups in total. The molecule has 7 heteroatoms. The van der Waals surface area contributed by atoms with Crippen LogP contribution in [0.3, 0.4) is 0 Å². The van der Waals surface area contributed by atoms with Crippen LogP contribution in [0.2, 0.25) is 0 Å². The van der Waals surface area contributed by atoms with Crippen molar-refractivity contribution in [3.8, 4) is 0 Å². The number of rotatable bonds is 4. The lowest BCUT2D eigenvalue weighted by molar-refractivity contribution is -0.147. The Morgan fingerprint density at radius 3 is 2.50 bits per heavy atom. The van der Waals surface area contributed by atoms with Gasteiger partial charge in [0.1, 0.15) is 10.9 Å². The van der Waals surface area contributed by atoms with Gasteiger partial charge in [0, 0.05) is 0 Å². The van der Waals surface area contributed by atoms with E-state index < -0.39 is 27.9 Å². The molecule has 20 heavy (non-hydrogen) atoms. The third-order valence-corrected chi connectivity index (χ3v) is 4.93. The predicted octanol–water partition coefficient (Wildman–Crippen LogP) is 1.17. The van der Waals surface area contributed by atoms with E-state index in [9.17, 15) is 18.0 Å². The van der Waals surface area contributed by atoms with E-state index >= 15 is 0 Å². The fourth-order valence-corrected chi connectivity index (χ4v) is 3.96. The standard InChI is InChI=1S/C13H15NO5S/c1-3-10(13(16)19-4-2)14-12(15)9-7-5-6-8-11(9)20(14,17)18/h5-8,10H,3-4H2,1-2H3/t10-/m0/s1. The molecule has 0 saturated heterocycles. The molecule has 1 atom stereocenters. The Morgan fingerprint density at radius 1 is 1.30 bits per heavy atom. The predicted molar refractivity (Wildman–Crippen MR) is 70.5 cm³/mol. The molecule has 1 aliphatic rings. The number of ether oxygens (including phenoxy) is 1. The zero-order chi connectivity index (χ0) is 14.9. The largest absolute Gasteiger partial charge is 0.464 e. The highest BCUT2D eigenvalue weighted by molar-refractivity contribution is 7.90. The average Bonchev–Trinajstić information content (AvgIpc) is 2.62. The van der Waals surface area contributed by atoms with E-state index in [1.165, 1.54) is 12.1 Å². The van der Waals surface area contributed by atoms with Gasteiger partial charge in [-0.25, -0.2) is 17.5 Å². The van der Waals surface area contributed by atoms with Gasteiger partial charge >= 0.3 is 5.97 Å². The summed E-state index contributed by atoms with van der Waals surface area (Å²) in [5.41, 5.74) is 0.0928. The van der Waals surface area contributed by atoms with E-state index in [1.54, 1.807) is 26.0 Å². The summed E-state index contributed by atoms with van der Waals surface area (Å²) in [6, 6.07) is 4.80. The smallest absolute Gasteiger partial charge is 0.330 e. The van der Waals surface area contributed by atoms with Crippen LogP contribution in [0.25, 0.3) is 0 Å². The lowest BCUT2D eigenvalue weighted by atomic mass is 10.1. The molecule has 0 aromatic heterocycles. The third kappa shape index (κ3) is 2.07. The number of nitrogens with zero attached hydrogens (tertiary/aromatic N) is 1. The average molecular weight is 297 g/mol. The molecule has 0 unspecified atom stereocenters. The number of amides is 1. The fraction of sp³-hybridized carbons (Fsp3) is 0.385. The minimum Gasteiger partial charge on any atom is -0.464 e. The van der Waals surface area contributed by atoms with Crippen molar-refractivity contribution in [3.05, 3.63) is 29.8 Å². The monoisotopic (exact) mass is 297 g/mol. The Bertz CT molecular complexity index is 652. The van der Waals surface area contributed by atoms with Crippen LogP contribution in [-0.2, 0) is 19.6 Å². The first-order valence-corrected chi connectivity index (χ1v) is 7.73. The molecule has 1 amide bonds. The number of sulfonamides is 1. The Balaban J connectivity index is 2.49. The summed E-state index contributed by atoms with van der Waals surface area (Å²) in [7, 11) is -3.99. The second-order valence-corrected chi connectivity index (χ2v) is 6.06. The molecule has 1 aromatic carbocycles. The highest BCUT2D eigenvalue weighted by atomic mass is 32.2. The molecule has 0 fully saturated rings. The first kappa shape index (κ1) is 14.5. The maximum atomic E-state index is 12.4. The maximum absolute atomic E-state index is 12.4. The van der Waals surface area contributed by atoms with Crippen LogP contribution in [0.1, 0.15) is 30.6 Å². The van der Waals surface area contributed by atoms with Crippen molar-refractivity contribution in [2.24, 2.45) is 0 Å². The first-order chi connectivity index (χ1) is 9.45. The summed E-state index contributed by atoms with van der Waals surface area (Å²) in [6.07, 6.45) is 0.164. The van der Waals surface area contributed by atoms with Gasteiger partial charge < -0.3 is 4.74 Å². The molecule has 0 radical (unpaired) electrons. The van der Waals surface area contributed by atoms with Crippen LogP contribution in [0.15, 0.2) is 29.2 Å². The number of benzene rings is 1. The van der Waals surface area contributed by atoms with Crippen LogP contribution in [-0.4, -0.2) is 37.2 Å². The maximum Gasteiger partial charge on any atom is 0.330 e. The summed E-state index contributed by atoms with van der Waals surface area (Å²) >= 11 is 0. The summed E-state index contributed by atoms with van der Waals surface area (Å²) in [5.74, 6) is -1.39. The van der Waals surface area contributed by atoms with Crippen molar-refractivity contribution in [3.63, 3.8) is 0 Å². The van der Waals surface area contributed by atoms with E-state index in [0.29, 0.717) is 4.31 Å². The number of fused-ring (bicyclic) bond motifs is 1. The van der Waals surface area contributed by atoms with E-state index in [4.69, 9.17) is 4.74 Å². The molecule has 0 saturated carbocycles. The van der Waals surface area contributed by atoms with E-state index in [0.717, 1.165) is 0 Å².